The molecule has 0 spiro atoms. The third-order valence-electron chi connectivity index (χ3n) is 5.83. The Morgan fingerprint density at radius 3 is 2.53 bits per heavy atom. The van der Waals surface area contributed by atoms with E-state index in [1.807, 2.05) is 20.8 Å². The minimum atomic E-state index is -4.48. The number of hydrogen-bond acceptors (Lipinski definition) is 8. The maximum absolute atomic E-state index is 15.0. The fourth-order valence-electron chi connectivity index (χ4n) is 3.73. The summed E-state index contributed by atoms with van der Waals surface area (Å²) in [5.41, 5.74) is 6.81. The van der Waals surface area contributed by atoms with Crippen LogP contribution in [0, 0.1) is 5.82 Å². The van der Waals surface area contributed by atoms with Crippen LogP contribution in [-0.2, 0) is 16.2 Å². The Kier molecular flexibility index (Phi) is 6.62. The van der Waals surface area contributed by atoms with Crippen LogP contribution in [0.4, 0.5) is 17.6 Å². The molecule has 0 fully saturated rings. The van der Waals surface area contributed by atoms with Crippen molar-refractivity contribution in [2.45, 2.75) is 37.2 Å². The zero-order chi connectivity index (χ0) is 26.3. The molecule has 2 atom stereocenters. The Morgan fingerprint density at radius 1 is 1.14 bits per heavy atom. The second-order valence-electron chi connectivity index (χ2n) is 8.89. The molecule has 4 rings (SSSR count). The molecule has 13 heteroatoms. The Labute approximate surface area is 207 Å². The summed E-state index contributed by atoms with van der Waals surface area (Å²) in [6.45, 7) is 4.30. The summed E-state index contributed by atoms with van der Waals surface area (Å²) in [4.78, 5) is 12.5. The highest BCUT2D eigenvalue weighted by atomic mass is 32.2. The minimum absolute atomic E-state index is 0.263. The molecule has 2 N–H and O–H groups in total. The molecule has 0 saturated carbocycles. The molecule has 0 amide bonds. The number of halogens is 4. The van der Waals surface area contributed by atoms with Gasteiger partial charge in [0, 0.05) is 30.0 Å². The van der Waals surface area contributed by atoms with Crippen LogP contribution in [-0.4, -0.2) is 51.3 Å². The number of rotatable bonds is 5. The Morgan fingerprint density at radius 2 is 1.89 bits per heavy atom. The molecule has 36 heavy (non-hydrogen) atoms. The van der Waals surface area contributed by atoms with E-state index >= 15 is 4.39 Å². The van der Waals surface area contributed by atoms with Crippen molar-refractivity contribution >= 4 is 16.5 Å². The molecule has 192 valence electrons. The zero-order valence-corrected chi connectivity index (χ0v) is 20.7. The van der Waals surface area contributed by atoms with E-state index in [1.165, 1.54) is 12.3 Å². The van der Waals surface area contributed by atoms with Crippen molar-refractivity contribution in [2.75, 3.05) is 19.4 Å². The molecule has 8 nitrogen and oxygen atoms in total. The SMILES string of the molecule is CN=[S@@]1C[C@@](C)(c2cc(-c3cc(-c4cnc(OCC(F)(F)F)cn4)no3)ccc2F)N=C(N)C1(C)C. The lowest BCUT2D eigenvalue weighted by Gasteiger charge is -2.40. The summed E-state index contributed by atoms with van der Waals surface area (Å²) >= 11 is 0. The lowest BCUT2D eigenvalue weighted by molar-refractivity contribution is -0.154. The summed E-state index contributed by atoms with van der Waals surface area (Å²) in [5, 5.41) is 3.96. The van der Waals surface area contributed by atoms with Gasteiger partial charge in [0.05, 0.1) is 22.7 Å². The van der Waals surface area contributed by atoms with E-state index in [0.717, 1.165) is 6.20 Å². The molecule has 3 heterocycles. The van der Waals surface area contributed by atoms with Gasteiger partial charge in [-0.25, -0.2) is 14.4 Å². The number of aliphatic imine (C=N–C) groups is 1. The van der Waals surface area contributed by atoms with Crippen molar-refractivity contribution in [1.82, 2.24) is 15.1 Å². The molecule has 0 bridgehead atoms. The van der Waals surface area contributed by atoms with E-state index in [-0.39, 0.29) is 11.6 Å². The standard InChI is InChI=1S/C23H24F4N6O2S/c1-21(2)20(28)32-22(3,12-36(21)29-4)14-7-13(5-6-15(14)24)18-8-16(33-35-18)17-9-31-19(10-30-17)34-11-23(25,26)27/h5-10H,11-12H2,1-4H3,(H2,28,32)/t22-,36+/m0/s1. The number of alkyl halides is 3. The van der Waals surface area contributed by atoms with Gasteiger partial charge in [-0.05, 0) is 39.0 Å². The second-order valence-corrected chi connectivity index (χ2v) is 11.3. The van der Waals surface area contributed by atoms with Crippen molar-refractivity contribution in [3.8, 4) is 28.6 Å². The summed E-state index contributed by atoms with van der Waals surface area (Å²) in [7, 11) is 1.25. The molecule has 1 aromatic carbocycles. The summed E-state index contributed by atoms with van der Waals surface area (Å²) in [6.07, 6.45) is -2.19. The molecular weight excluding hydrogens is 500 g/mol. The quantitative estimate of drug-likeness (QED) is 0.486. The predicted molar refractivity (Wildman–Crippen MR) is 128 cm³/mol. The Hall–Kier alpha value is -3.35. The van der Waals surface area contributed by atoms with E-state index in [4.69, 9.17) is 10.3 Å². The van der Waals surface area contributed by atoms with E-state index < -0.39 is 39.6 Å². The molecule has 2 aromatic heterocycles. The van der Waals surface area contributed by atoms with Gasteiger partial charge in [-0.15, -0.1) is 0 Å². The van der Waals surface area contributed by atoms with Gasteiger partial charge in [-0.1, -0.05) is 15.8 Å². The number of ether oxygens (including phenoxy) is 1. The third kappa shape index (κ3) is 5.11. The third-order valence-corrected chi connectivity index (χ3v) is 8.49. The molecule has 3 aromatic rings. The molecule has 0 saturated heterocycles. The van der Waals surface area contributed by atoms with Crippen LogP contribution >= 0.6 is 0 Å². The smallest absolute Gasteiger partial charge is 0.422 e. The first-order chi connectivity index (χ1) is 16.8. The predicted octanol–water partition coefficient (Wildman–Crippen LogP) is 4.68. The van der Waals surface area contributed by atoms with Gasteiger partial charge in [0.15, 0.2) is 12.4 Å². The number of hydrogen-bond donors (Lipinski definition) is 1. The van der Waals surface area contributed by atoms with Crippen LogP contribution in [0.5, 0.6) is 5.88 Å². The molecule has 0 aliphatic carbocycles. The van der Waals surface area contributed by atoms with Crippen LogP contribution in [0.25, 0.3) is 22.7 Å². The maximum Gasteiger partial charge on any atom is 0.422 e. The first-order valence-corrected chi connectivity index (χ1v) is 12.1. The van der Waals surface area contributed by atoms with Crippen molar-refractivity contribution in [3.63, 3.8) is 0 Å². The number of aromatic nitrogens is 3. The normalized spacial score (nSPS) is 21.9. The fourth-order valence-corrected chi connectivity index (χ4v) is 5.72. The van der Waals surface area contributed by atoms with Gasteiger partial charge < -0.3 is 15.0 Å². The van der Waals surface area contributed by atoms with Crippen molar-refractivity contribution < 1.29 is 26.8 Å². The summed E-state index contributed by atoms with van der Waals surface area (Å²) < 4.78 is 66.0. The molecule has 1 aliphatic heterocycles. The van der Waals surface area contributed by atoms with E-state index in [1.54, 1.807) is 25.2 Å². The Balaban J connectivity index is 1.62. The first-order valence-electron chi connectivity index (χ1n) is 10.8. The molecule has 1 aliphatic rings. The van der Waals surface area contributed by atoms with Crippen LogP contribution in [0.2, 0.25) is 0 Å². The highest BCUT2D eigenvalue weighted by Crippen LogP contribution is 2.38. The van der Waals surface area contributed by atoms with Gasteiger partial charge in [-0.2, -0.15) is 13.2 Å². The number of nitrogens with two attached hydrogens (primary N) is 1. The zero-order valence-electron chi connectivity index (χ0n) is 19.9. The summed E-state index contributed by atoms with van der Waals surface area (Å²) in [6, 6.07) is 6.10. The molecule has 0 unspecified atom stereocenters. The number of benzene rings is 1. The van der Waals surface area contributed by atoms with Gasteiger partial charge in [0.25, 0.3) is 0 Å². The molecular formula is C23H24F4N6O2S. The van der Waals surface area contributed by atoms with Gasteiger partial charge in [0.1, 0.15) is 23.0 Å². The van der Waals surface area contributed by atoms with Gasteiger partial charge in [0.2, 0.25) is 5.88 Å². The average molecular weight is 525 g/mol. The van der Waals surface area contributed by atoms with Crippen LogP contribution in [0.1, 0.15) is 26.3 Å². The lowest BCUT2D eigenvalue weighted by Crippen LogP contribution is -2.51. The average Bonchev–Trinajstić information content (AvgIpc) is 3.31. The monoisotopic (exact) mass is 524 g/mol. The fraction of sp³-hybridized carbons (Fsp3) is 0.391. The maximum atomic E-state index is 15.0. The largest absolute Gasteiger partial charge is 0.467 e. The van der Waals surface area contributed by atoms with E-state index in [0.29, 0.717) is 34.2 Å². The van der Waals surface area contributed by atoms with Crippen molar-refractivity contribution in [2.24, 2.45) is 15.1 Å². The van der Waals surface area contributed by atoms with Crippen LogP contribution in [0.3, 0.4) is 0 Å². The van der Waals surface area contributed by atoms with E-state index in [2.05, 4.69) is 29.2 Å². The highest BCUT2D eigenvalue weighted by molar-refractivity contribution is 7.89. The van der Waals surface area contributed by atoms with Crippen LogP contribution < -0.4 is 10.5 Å². The second kappa shape index (κ2) is 9.26. The van der Waals surface area contributed by atoms with Crippen molar-refractivity contribution in [3.05, 3.63) is 48.0 Å². The molecule has 0 radical (unpaired) electrons. The Bertz CT molecular complexity index is 1340. The highest BCUT2D eigenvalue weighted by Gasteiger charge is 2.42. The minimum Gasteiger partial charge on any atom is -0.467 e. The van der Waals surface area contributed by atoms with Crippen LogP contribution in [0.15, 0.2) is 50.5 Å². The van der Waals surface area contributed by atoms with Gasteiger partial charge >= 0.3 is 6.18 Å². The lowest BCUT2D eigenvalue weighted by atomic mass is 9.91. The topological polar surface area (TPSA) is 112 Å². The van der Waals surface area contributed by atoms with E-state index in [9.17, 15) is 13.2 Å². The summed E-state index contributed by atoms with van der Waals surface area (Å²) in [5.74, 6) is 0.540. The first kappa shape index (κ1) is 25.7. The van der Waals surface area contributed by atoms with Crippen molar-refractivity contribution in [1.29, 1.82) is 0 Å². The van der Waals surface area contributed by atoms with Gasteiger partial charge in [-0.3, -0.25) is 9.36 Å². The number of nitrogens with zero attached hydrogens (tertiary/aromatic N) is 5. The number of amidine groups is 1.